The quantitative estimate of drug-likeness (QED) is 0.379. The minimum absolute atomic E-state index is 0.0287. The molecule has 9 heteroatoms. The zero-order valence-corrected chi connectivity index (χ0v) is 19.3. The van der Waals surface area contributed by atoms with Crippen LogP contribution in [0.1, 0.15) is 16.7 Å². The van der Waals surface area contributed by atoms with E-state index in [1.54, 1.807) is 55.5 Å². The van der Waals surface area contributed by atoms with Crippen molar-refractivity contribution >= 4 is 44.1 Å². The topological polar surface area (TPSA) is 123 Å². The van der Waals surface area contributed by atoms with Gasteiger partial charge in [0.05, 0.1) is 22.1 Å². The van der Waals surface area contributed by atoms with Crippen molar-refractivity contribution < 1.29 is 13.5 Å². The molecule has 5 aromatic rings. The number of aromatic hydroxyl groups is 1. The molecule has 0 radical (unpaired) electrons. The van der Waals surface area contributed by atoms with Crippen LogP contribution in [-0.2, 0) is 9.84 Å². The summed E-state index contributed by atoms with van der Waals surface area (Å²) in [5, 5.41) is 14.5. The molecule has 170 valence electrons. The Morgan fingerprint density at radius 2 is 1.65 bits per heavy atom. The highest BCUT2D eigenvalue weighted by Gasteiger charge is 2.31. The Kier molecular flexibility index (Phi) is 5.06. The molecule has 0 aliphatic rings. The fraction of sp³-hybridized carbons (Fsp3) is 0.0800. The van der Waals surface area contributed by atoms with E-state index in [2.05, 4.69) is 15.1 Å². The van der Waals surface area contributed by atoms with Gasteiger partial charge < -0.3 is 10.8 Å². The van der Waals surface area contributed by atoms with Crippen molar-refractivity contribution in [2.24, 2.45) is 5.10 Å². The number of hydrogen-bond acceptors (Lipinski definition) is 7. The van der Waals surface area contributed by atoms with E-state index in [4.69, 9.17) is 5.73 Å². The predicted octanol–water partition coefficient (Wildman–Crippen LogP) is 4.20. The van der Waals surface area contributed by atoms with Crippen LogP contribution in [0.3, 0.4) is 0 Å². The third-order valence-electron chi connectivity index (χ3n) is 5.58. The SMILES string of the molecule is Cc1ccc(C)c(S(=O)(=O)c2c(N)n(/N=C/c3ccccc3O)c3nc4ccccc4nc23)c1. The Labute approximate surface area is 195 Å². The summed E-state index contributed by atoms with van der Waals surface area (Å²) in [7, 11) is -4.06. The Bertz CT molecular complexity index is 1720. The summed E-state index contributed by atoms with van der Waals surface area (Å²) in [6, 6.07) is 19.0. The number of sulfone groups is 1. The lowest BCUT2D eigenvalue weighted by molar-refractivity contribution is 0.474. The maximum absolute atomic E-state index is 13.9. The minimum atomic E-state index is -4.06. The van der Waals surface area contributed by atoms with Crippen molar-refractivity contribution in [2.75, 3.05) is 5.73 Å². The summed E-state index contributed by atoms with van der Waals surface area (Å²) in [5.74, 6) is -0.0843. The lowest BCUT2D eigenvalue weighted by Gasteiger charge is -2.09. The molecule has 2 heterocycles. The Morgan fingerprint density at radius 3 is 2.38 bits per heavy atom. The third-order valence-corrected chi connectivity index (χ3v) is 7.54. The molecule has 0 bridgehead atoms. The van der Waals surface area contributed by atoms with E-state index in [-0.39, 0.29) is 32.5 Å². The number of aryl methyl sites for hydroxylation is 2. The van der Waals surface area contributed by atoms with E-state index >= 15 is 0 Å². The van der Waals surface area contributed by atoms with Gasteiger partial charge in [0.15, 0.2) is 5.65 Å². The van der Waals surface area contributed by atoms with E-state index in [0.29, 0.717) is 22.2 Å². The summed E-state index contributed by atoms with van der Waals surface area (Å²) in [6.45, 7) is 3.56. The molecule has 0 fully saturated rings. The van der Waals surface area contributed by atoms with Gasteiger partial charge in [-0.05, 0) is 55.3 Å². The van der Waals surface area contributed by atoms with Gasteiger partial charge in [-0.1, -0.05) is 36.4 Å². The summed E-state index contributed by atoms with van der Waals surface area (Å²) in [5.41, 5.74) is 9.70. The zero-order valence-electron chi connectivity index (χ0n) is 18.5. The van der Waals surface area contributed by atoms with Crippen LogP contribution in [0.25, 0.3) is 22.2 Å². The lowest BCUT2D eigenvalue weighted by Crippen LogP contribution is -2.08. The number of phenolic OH excluding ortho intramolecular Hbond substituents is 1. The summed E-state index contributed by atoms with van der Waals surface area (Å²) >= 11 is 0. The first kappa shape index (κ1) is 21.6. The van der Waals surface area contributed by atoms with Gasteiger partial charge >= 0.3 is 0 Å². The van der Waals surface area contributed by atoms with E-state index in [1.165, 1.54) is 17.0 Å². The number of benzene rings is 3. The fourth-order valence-corrected chi connectivity index (χ4v) is 5.63. The van der Waals surface area contributed by atoms with Crippen molar-refractivity contribution in [3.63, 3.8) is 0 Å². The average Bonchev–Trinajstić information content (AvgIpc) is 3.09. The molecular formula is C25H21N5O3S. The number of rotatable bonds is 4. The summed E-state index contributed by atoms with van der Waals surface area (Å²) in [6.07, 6.45) is 1.40. The molecule has 5 rings (SSSR count). The first-order valence-electron chi connectivity index (χ1n) is 10.5. The second kappa shape index (κ2) is 7.96. The number of hydrogen-bond donors (Lipinski definition) is 2. The van der Waals surface area contributed by atoms with Gasteiger partial charge in [0.2, 0.25) is 9.84 Å². The number of nitrogens with zero attached hydrogens (tertiary/aromatic N) is 4. The molecule has 2 aromatic heterocycles. The molecule has 34 heavy (non-hydrogen) atoms. The number of para-hydroxylation sites is 3. The normalized spacial score (nSPS) is 12.2. The molecule has 0 atom stereocenters. The fourth-order valence-electron chi connectivity index (χ4n) is 3.83. The molecular weight excluding hydrogens is 450 g/mol. The van der Waals surface area contributed by atoms with Crippen LogP contribution in [0.5, 0.6) is 5.75 Å². The Hall–Kier alpha value is -4.24. The molecule has 0 amide bonds. The van der Waals surface area contributed by atoms with Crippen LogP contribution in [0, 0.1) is 13.8 Å². The smallest absolute Gasteiger partial charge is 0.212 e. The van der Waals surface area contributed by atoms with Crippen molar-refractivity contribution in [1.29, 1.82) is 0 Å². The predicted molar refractivity (Wildman–Crippen MR) is 132 cm³/mol. The van der Waals surface area contributed by atoms with Gasteiger partial charge in [-0.25, -0.2) is 18.4 Å². The molecule has 0 aliphatic carbocycles. The molecule has 0 saturated heterocycles. The van der Waals surface area contributed by atoms with Gasteiger partial charge in [0.1, 0.15) is 22.0 Å². The van der Waals surface area contributed by atoms with Crippen molar-refractivity contribution in [3.05, 3.63) is 83.4 Å². The first-order valence-corrected chi connectivity index (χ1v) is 12.0. The molecule has 0 unspecified atom stereocenters. The maximum Gasteiger partial charge on any atom is 0.212 e. The number of anilines is 1. The van der Waals surface area contributed by atoms with Crippen molar-refractivity contribution in [1.82, 2.24) is 14.6 Å². The zero-order chi connectivity index (χ0) is 24.0. The van der Waals surface area contributed by atoms with Crippen LogP contribution >= 0.6 is 0 Å². The average molecular weight is 472 g/mol. The van der Waals surface area contributed by atoms with E-state index in [9.17, 15) is 13.5 Å². The van der Waals surface area contributed by atoms with Gasteiger partial charge in [-0.3, -0.25) is 0 Å². The van der Waals surface area contributed by atoms with Crippen LogP contribution in [0.4, 0.5) is 5.82 Å². The minimum Gasteiger partial charge on any atom is -0.507 e. The van der Waals surface area contributed by atoms with Crippen LogP contribution in [-0.4, -0.2) is 34.4 Å². The standard InChI is InChI=1S/C25H21N5O3S/c1-15-11-12-16(2)21(13-15)34(32,33)23-22-25(29-19-9-5-4-8-18(19)28-22)30(24(23)26)27-14-17-7-3-6-10-20(17)31/h3-14,31H,26H2,1-2H3/b27-14+. The number of fused-ring (bicyclic) bond motifs is 2. The largest absolute Gasteiger partial charge is 0.507 e. The molecule has 0 spiro atoms. The van der Waals surface area contributed by atoms with E-state index < -0.39 is 9.84 Å². The monoisotopic (exact) mass is 471 g/mol. The number of nitrogen functional groups attached to an aromatic ring is 1. The Balaban J connectivity index is 1.83. The first-order chi connectivity index (χ1) is 16.3. The highest BCUT2D eigenvalue weighted by molar-refractivity contribution is 7.92. The second-order valence-corrected chi connectivity index (χ2v) is 9.84. The van der Waals surface area contributed by atoms with E-state index in [1.807, 2.05) is 19.1 Å². The number of phenols is 1. The second-order valence-electron chi connectivity index (χ2n) is 7.99. The highest BCUT2D eigenvalue weighted by atomic mass is 32.2. The maximum atomic E-state index is 13.9. The van der Waals surface area contributed by atoms with Gasteiger partial charge in [-0.15, -0.1) is 0 Å². The van der Waals surface area contributed by atoms with Crippen molar-refractivity contribution in [2.45, 2.75) is 23.6 Å². The number of aromatic nitrogens is 3. The molecule has 0 saturated carbocycles. The van der Waals surface area contributed by atoms with Gasteiger partial charge in [0.25, 0.3) is 0 Å². The molecule has 3 aromatic carbocycles. The van der Waals surface area contributed by atoms with Crippen LogP contribution in [0.2, 0.25) is 0 Å². The van der Waals surface area contributed by atoms with Crippen LogP contribution < -0.4 is 5.73 Å². The van der Waals surface area contributed by atoms with Crippen LogP contribution in [0.15, 0.2) is 81.6 Å². The number of nitrogens with two attached hydrogens (primary N) is 1. The highest BCUT2D eigenvalue weighted by Crippen LogP contribution is 2.36. The molecule has 3 N–H and O–H groups in total. The Morgan fingerprint density at radius 1 is 0.971 bits per heavy atom. The van der Waals surface area contributed by atoms with Gasteiger partial charge in [0, 0.05) is 5.56 Å². The summed E-state index contributed by atoms with van der Waals surface area (Å²) in [4.78, 5) is 9.23. The van der Waals surface area contributed by atoms with E-state index in [0.717, 1.165) is 5.56 Å². The molecule has 0 aliphatic heterocycles. The van der Waals surface area contributed by atoms with Crippen molar-refractivity contribution in [3.8, 4) is 5.75 Å². The summed E-state index contributed by atoms with van der Waals surface area (Å²) < 4.78 is 29.0. The third kappa shape index (κ3) is 3.46. The van der Waals surface area contributed by atoms with Gasteiger partial charge in [-0.2, -0.15) is 9.78 Å². The molecule has 8 nitrogen and oxygen atoms in total. The lowest BCUT2D eigenvalue weighted by atomic mass is 10.2.